The van der Waals surface area contributed by atoms with Crippen molar-refractivity contribution in [3.05, 3.63) is 138 Å². The largest absolute Gasteiger partial charge is 0.494 e. The van der Waals surface area contributed by atoms with Gasteiger partial charge in [0.15, 0.2) is 11.6 Å². The molecular weight excluding hydrogens is 651 g/mol. The fourth-order valence-corrected chi connectivity index (χ4v) is 5.97. The first-order chi connectivity index (χ1) is 25.3. The maximum atomic E-state index is 13.4. The van der Waals surface area contributed by atoms with E-state index in [-0.39, 0.29) is 18.6 Å². The van der Waals surface area contributed by atoms with Crippen molar-refractivity contribution in [2.45, 2.75) is 71.3 Å². The maximum absolute atomic E-state index is 13.4. The van der Waals surface area contributed by atoms with Crippen molar-refractivity contribution in [2.75, 3.05) is 6.61 Å². The SMILES string of the molecule is CCCCCCCOc1ccc(-c2cnc(-c3ccc(C[C@H](CC(=O)c4ccc(Cc5ccccc5)cc4)C(=O)N[C@H](C)C(=O)O)cc3)nc2)cc1. The third-order valence-corrected chi connectivity index (χ3v) is 9.11. The fraction of sp³-hybridized carbons (Fsp3) is 0.295. The van der Waals surface area contributed by atoms with Gasteiger partial charge in [-0.1, -0.05) is 124 Å². The molecule has 2 N–H and O–H groups in total. The van der Waals surface area contributed by atoms with Crippen molar-refractivity contribution >= 4 is 17.7 Å². The summed E-state index contributed by atoms with van der Waals surface area (Å²) in [6.07, 6.45) is 10.5. The highest BCUT2D eigenvalue weighted by Crippen LogP contribution is 2.25. The molecule has 1 amide bonds. The molecule has 8 nitrogen and oxygen atoms in total. The van der Waals surface area contributed by atoms with Crippen LogP contribution in [0, 0.1) is 5.92 Å². The predicted octanol–water partition coefficient (Wildman–Crippen LogP) is 8.77. The maximum Gasteiger partial charge on any atom is 0.325 e. The number of carbonyl (C=O) groups is 3. The molecule has 0 aliphatic heterocycles. The number of hydrogen-bond acceptors (Lipinski definition) is 6. The van der Waals surface area contributed by atoms with Crippen LogP contribution in [-0.4, -0.2) is 45.4 Å². The molecule has 0 bridgehead atoms. The van der Waals surface area contributed by atoms with Gasteiger partial charge < -0.3 is 15.2 Å². The second-order valence-electron chi connectivity index (χ2n) is 13.2. The lowest BCUT2D eigenvalue weighted by Crippen LogP contribution is -2.42. The van der Waals surface area contributed by atoms with Crippen LogP contribution in [0.2, 0.25) is 0 Å². The number of amides is 1. The molecule has 0 saturated carbocycles. The molecule has 0 spiro atoms. The van der Waals surface area contributed by atoms with Crippen molar-refractivity contribution in [1.82, 2.24) is 15.3 Å². The molecule has 52 heavy (non-hydrogen) atoms. The standard InChI is InChI=1S/C44H47N3O5/c1-3-4-5-6-10-25-52-40-23-21-35(22-24-40)39-29-45-42(46-30-39)37-19-15-34(16-20-37)27-38(43(49)47-31(2)44(50)51)28-41(48)36-17-13-33(14-18-36)26-32-11-8-7-9-12-32/h7-9,11-24,29-31,38H,3-6,10,25-28H2,1-2H3,(H,47,49)(H,50,51)/t31-,38-/m1/s1. The normalized spacial score (nSPS) is 12.1. The Hall–Kier alpha value is -5.63. The summed E-state index contributed by atoms with van der Waals surface area (Å²) >= 11 is 0. The summed E-state index contributed by atoms with van der Waals surface area (Å²) in [5.74, 6) is -1.15. The van der Waals surface area contributed by atoms with Gasteiger partial charge in [-0.3, -0.25) is 14.4 Å². The molecule has 268 valence electrons. The summed E-state index contributed by atoms with van der Waals surface area (Å²) in [5, 5.41) is 11.9. The van der Waals surface area contributed by atoms with Gasteiger partial charge >= 0.3 is 5.97 Å². The number of rotatable bonds is 19. The highest BCUT2D eigenvalue weighted by Gasteiger charge is 2.26. The summed E-state index contributed by atoms with van der Waals surface area (Å²) in [7, 11) is 0. The van der Waals surface area contributed by atoms with Crippen LogP contribution in [0.1, 0.15) is 79.4 Å². The van der Waals surface area contributed by atoms with Crippen LogP contribution in [0.3, 0.4) is 0 Å². The Morgan fingerprint density at radius 2 is 1.33 bits per heavy atom. The molecule has 0 aliphatic carbocycles. The number of aliphatic carboxylic acids is 1. The van der Waals surface area contributed by atoms with Crippen LogP contribution < -0.4 is 10.1 Å². The predicted molar refractivity (Wildman–Crippen MR) is 204 cm³/mol. The van der Waals surface area contributed by atoms with Crippen LogP contribution >= 0.6 is 0 Å². The van der Waals surface area contributed by atoms with Crippen LogP contribution in [0.15, 0.2) is 116 Å². The zero-order valence-corrected chi connectivity index (χ0v) is 30.0. The molecule has 4 aromatic carbocycles. The number of benzene rings is 4. The smallest absolute Gasteiger partial charge is 0.325 e. The van der Waals surface area contributed by atoms with Gasteiger partial charge in [0.25, 0.3) is 0 Å². The van der Waals surface area contributed by atoms with E-state index < -0.39 is 23.8 Å². The Kier molecular flexibility index (Phi) is 13.8. The third kappa shape index (κ3) is 11.2. The van der Waals surface area contributed by atoms with Gasteiger partial charge in [0.1, 0.15) is 11.8 Å². The van der Waals surface area contributed by atoms with E-state index in [9.17, 15) is 19.5 Å². The van der Waals surface area contributed by atoms with E-state index in [0.717, 1.165) is 53.0 Å². The molecule has 5 rings (SSSR count). The summed E-state index contributed by atoms with van der Waals surface area (Å²) in [5.41, 5.74) is 6.30. The van der Waals surface area contributed by atoms with Gasteiger partial charge in [-0.15, -0.1) is 0 Å². The molecule has 0 unspecified atom stereocenters. The second-order valence-corrected chi connectivity index (χ2v) is 13.2. The van der Waals surface area contributed by atoms with Crippen LogP contribution in [0.25, 0.3) is 22.5 Å². The summed E-state index contributed by atoms with van der Waals surface area (Å²) in [6.45, 7) is 4.34. The third-order valence-electron chi connectivity index (χ3n) is 9.11. The molecule has 1 heterocycles. The molecule has 5 aromatic rings. The number of carboxylic acid groups (broad SMARTS) is 1. The van der Waals surface area contributed by atoms with E-state index in [1.165, 1.54) is 38.2 Å². The Bertz CT molecular complexity index is 1870. The topological polar surface area (TPSA) is 118 Å². The molecule has 0 radical (unpaired) electrons. The lowest BCUT2D eigenvalue weighted by molar-refractivity contribution is -0.141. The van der Waals surface area contributed by atoms with E-state index in [1.807, 2.05) is 78.9 Å². The fourth-order valence-electron chi connectivity index (χ4n) is 5.97. The molecule has 0 fully saturated rings. The zero-order valence-electron chi connectivity index (χ0n) is 30.0. The Labute approximate surface area is 306 Å². The second kappa shape index (κ2) is 19.1. The monoisotopic (exact) mass is 697 g/mol. The number of unbranched alkanes of at least 4 members (excludes halogenated alkanes) is 4. The van der Waals surface area contributed by atoms with E-state index in [0.29, 0.717) is 11.4 Å². The van der Waals surface area contributed by atoms with Crippen molar-refractivity contribution in [1.29, 1.82) is 0 Å². The number of Topliss-reactive ketones (excluding diaryl/α,β-unsaturated/α-hetero) is 1. The average Bonchev–Trinajstić information content (AvgIpc) is 3.17. The number of nitrogens with one attached hydrogen (secondary N) is 1. The number of hydrogen-bond donors (Lipinski definition) is 2. The van der Waals surface area contributed by atoms with Crippen molar-refractivity contribution in [2.24, 2.45) is 5.92 Å². The lowest BCUT2D eigenvalue weighted by Gasteiger charge is -2.19. The Morgan fingerprint density at radius 3 is 1.98 bits per heavy atom. The van der Waals surface area contributed by atoms with Gasteiger partial charge in [0.2, 0.25) is 5.91 Å². The van der Waals surface area contributed by atoms with Crippen LogP contribution in [-0.2, 0) is 22.4 Å². The van der Waals surface area contributed by atoms with Gasteiger partial charge in [0, 0.05) is 41.4 Å². The van der Waals surface area contributed by atoms with E-state index in [4.69, 9.17) is 4.74 Å². The molecule has 8 heteroatoms. The van der Waals surface area contributed by atoms with E-state index >= 15 is 0 Å². The number of carbonyl (C=O) groups excluding carboxylic acids is 2. The van der Waals surface area contributed by atoms with Gasteiger partial charge in [-0.2, -0.15) is 0 Å². The van der Waals surface area contributed by atoms with Gasteiger partial charge in [-0.05, 0) is 60.6 Å². The summed E-state index contributed by atoms with van der Waals surface area (Å²) < 4.78 is 5.89. The first-order valence-electron chi connectivity index (χ1n) is 18.1. The Balaban J connectivity index is 1.20. The molecular formula is C44H47N3O5. The number of ether oxygens (including phenoxy) is 1. The minimum atomic E-state index is -1.14. The lowest BCUT2D eigenvalue weighted by atomic mass is 9.90. The minimum Gasteiger partial charge on any atom is -0.494 e. The van der Waals surface area contributed by atoms with E-state index in [2.05, 4.69) is 34.3 Å². The molecule has 2 atom stereocenters. The molecule has 0 saturated heterocycles. The number of ketones is 1. The molecule has 1 aromatic heterocycles. The van der Waals surface area contributed by atoms with Crippen LogP contribution in [0.5, 0.6) is 5.75 Å². The highest BCUT2D eigenvalue weighted by molar-refractivity contribution is 5.99. The van der Waals surface area contributed by atoms with Crippen LogP contribution in [0.4, 0.5) is 0 Å². The van der Waals surface area contributed by atoms with Crippen molar-refractivity contribution < 1.29 is 24.2 Å². The average molecular weight is 698 g/mol. The zero-order chi connectivity index (χ0) is 36.7. The first kappa shape index (κ1) is 37.6. The summed E-state index contributed by atoms with van der Waals surface area (Å²) in [4.78, 5) is 47.3. The Morgan fingerprint density at radius 1 is 0.712 bits per heavy atom. The minimum absolute atomic E-state index is 0.0608. The van der Waals surface area contributed by atoms with Gasteiger partial charge in [0.05, 0.1) is 6.61 Å². The van der Waals surface area contributed by atoms with E-state index in [1.54, 1.807) is 24.5 Å². The number of aromatic nitrogens is 2. The quantitative estimate of drug-likeness (QED) is 0.0654. The number of nitrogens with zero attached hydrogens (tertiary/aromatic N) is 2. The summed E-state index contributed by atoms with van der Waals surface area (Å²) in [6, 6.07) is 32.0. The van der Waals surface area contributed by atoms with Crippen molar-refractivity contribution in [3.8, 4) is 28.3 Å². The van der Waals surface area contributed by atoms with Crippen molar-refractivity contribution in [3.63, 3.8) is 0 Å². The first-order valence-corrected chi connectivity index (χ1v) is 18.1. The molecule has 0 aliphatic rings. The van der Waals surface area contributed by atoms with Gasteiger partial charge in [-0.25, -0.2) is 9.97 Å². The number of carboxylic acids is 1. The highest BCUT2D eigenvalue weighted by atomic mass is 16.5.